The number of benzene rings is 2. The summed E-state index contributed by atoms with van der Waals surface area (Å²) in [5.41, 5.74) is 0.568. The Morgan fingerprint density at radius 3 is 1.43 bits per heavy atom. The van der Waals surface area contributed by atoms with E-state index < -0.39 is 10.0 Å². The largest absolute Gasteiger partial charge is 0.496 e. The van der Waals surface area contributed by atoms with Crippen molar-refractivity contribution in [1.29, 1.82) is 0 Å². The summed E-state index contributed by atoms with van der Waals surface area (Å²) in [5, 5.41) is 0.989. The topological polar surface area (TPSA) is 102 Å². The summed E-state index contributed by atoms with van der Waals surface area (Å²) in [6.45, 7) is 0. The Labute approximate surface area is 176 Å². The van der Waals surface area contributed by atoms with Gasteiger partial charge in [0.1, 0.15) is 40.2 Å². The van der Waals surface area contributed by atoms with Crippen LogP contribution in [0.1, 0.15) is 5.56 Å². The van der Waals surface area contributed by atoms with Crippen LogP contribution in [0.5, 0.6) is 34.5 Å². The van der Waals surface area contributed by atoms with Gasteiger partial charge < -0.3 is 28.4 Å². The molecule has 0 saturated carbocycles. The molecule has 0 aliphatic heterocycles. The molecule has 0 atom stereocenters. The van der Waals surface area contributed by atoms with Crippen molar-refractivity contribution in [1.82, 2.24) is 0 Å². The van der Waals surface area contributed by atoms with Gasteiger partial charge in [-0.25, -0.2) is 8.42 Å². The lowest BCUT2D eigenvalue weighted by Gasteiger charge is -2.16. The van der Waals surface area contributed by atoms with E-state index in [0.29, 0.717) is 28.6 Å². The first-order chi connectivity index (χ1) is 14.3. The summed E-state index contributed by atoms with van der Waals surface area (Å²) < 4.78 is 59.5. The van der Waals surface area contributed by atoms with Crippen LogP contribution in [0.3, 0.4) is 0 Å². The summed E-state index contributed by atoms with van der Waals surface area (Å²) in [5.74, 6) is 2.21. The van der Waals surface area contributed by atoms with Crippen LogP contribution in [0.4, 0.5) is 5.69 Å². The van der Waals surface area contributed by atoms with Gasteiger partial charge in [-0.05, 0) is 6.08 Å². The van der Waals surface area contributed by atoms with Crippen molar-refractivity contribution in [3.05, 3.63) is 35.2 Å². The summed E-state index contributed by atoms with van der Waals surface area (Å²) in [6.07, 6.45) is 1.36. The quantitative estimate of drug-likeness (QED) is 0.602. The van der Waals surface area contributed by atoms with E-state index in [1.165, 1.54) is 48.7 Å². The summed E-state index contributed by atoms with van der Waals surface area (Å²) in [4.78, 5) is 0. The van der Waals surface area contributed by atoms with E-state index in [1.807, 2.05) is 0 Å². The molecule has 0 spiro atoms. The fourth-order valence-electron chi connectivity index (χ4n) is 2.64. The average Bonchev–Trinajstić information content (AvgIpc) is 2.76. The third-order valence-corrected chi connectivity index (χ3v) is 5.11. The second-order valence-electron chi connectivity index (χ2n) is 5.80. The molecule has 2 rings (SSSR count). The third kappa shape index (κ3) is 5.20. The molecule has 0 amide bonds. The van der Waals surface area contributed by atoms with Crippen molar-refractivity contribution < 1.29 is 36.8 Å². The fraction of sp³-hybridized carbons (Fsp3) is 0.300. The molecule has 0 heterocycles. The maximum atomic E-state index is 12.7. The Kier molecular flexibility index (Phi) is 7.65. The minimum Gasteiger partial charge on any atom is -0.496 e. The molecular formula is C20H25NO8S. The van der Waals surface area contributed by atoms with Crippen LogP contribution in [0.15, 0.2) is 29.7 Å². The van der Waals surface area contributed by atoms with Gasteiger partial charge in [0.2, 0.25) is 0 Å². The molecule has 0 saturated heterocycles. The molecule has 0 radical (unpaired) electrons. The molecule has 164 valence electrons. The van der Waals surface area contributed by atoms with Gasteiger partial charge in [0.05, 0.1) is 53.6 Å². The monoisotopic (exact) mass is 439 g/mol. The zero-order chi connectivity index (χ0) is 22.3. The summed E-state index contributed by atoms with van der Waals surface area (Å²) in [6, 6.07) is 6.33. The van der Waals surface area contributed by atoms with Crippen molar-refractivity contribution in [3.63, 3.8) is 0 Å². The van der Waals surface area contributed by atoms with E-state index in [4.69, 9.17) is 28.4 Å². The molecule has 0 bridgehead atoms. The maximum absolute atomic E-state index is 12.7. The second-order valence-corrected chi connectivity index (χ2v) is 7.37. The maximum Gasteiger partial charge on any atom is 0.255 e. The Morgan fingerprint density at radius 1 is 0.667 bits per heavy atom. The van der Waals surface area contributed by atoms with Gasteiger partial charge in [0.15, 0.2) is 0 Å². The summed E-state index contributed by atoms with van der Waals surface area (Å²) >= 11 is 0. The highest BCUT2D eigenvalue weighted by atomic mass is 32.2. The number of rotatable bonds is 10. The zero-order valence-electron chi connectivity index (χ0n) is 17.6. The van der Waals surface area contributed by atoms with Gasteiger partial charge >= 0.3 is 0 Å². The van der Waals surface area contributed by atoms with Crippen LogP contribution in [-0.4, -0.2) is 51.1 Å². The highest BCUT2D eigenvalue weighted by Gasteiger charge is 2.19. The van der Waals surface area contributed by atoms with Gasteiger partial charge in [-0.3, -0.25) is 4.72 Å². The Hall–Kier alpha value is -3.27. The number of ether oxygens (including phenoxy) is 6. The minimum absolute atomic E-state index is 0.138. The average molecular weight is 439 g/mol. The number of sulfonamides is 1. The molecule has 10 heteroatoms. The van der Waals surface area contributed by atoms with Crippen molar-refractivity contribution in [2.45, 2.75) is 0 Å². The Morgan fingerprint density at radius 2 is 1.07 bits per heavy atom. The predicted octanol–water partition coefficient (Wildman–Crippen LogP) is 3.15. The van der Waals surface area contributed by atoms with E-state index in [-0.39, 0.29) is 17.2 Å². The third-order valence-electron chi connectivity index (χ3n) is 4.13. The number of anilines is 1. The normalized spacial score (nSPS) is 11.1. The van der Waals surface area contributed by atoms with Gasteiger partial charge in [0.25, 0.3) is 10.0 Å². The van der Waals surface area contributed by atoms with E-state index in [9.17, 15) is 8.42 Å². The van der Waals surface area contributed by atoms with Crippen molar-refractivity contribution in [3.8, 4) is 34.5 Å². The number of methoxy groups -OCH3 is 6. The van der Waals surface area contributed by atoms with Crippen molar-refractivity contribution in [2.75, 3.05) is 47.4 Å². The van der Waals surface area contributed by atoms with E-state index >= 15 is 0 Å². The number of hydrogen-bond acceptors (Lipinski definition) is 8. The molecule has 0 fully saturated rings. The Bertz CT molecular complexity index is 967. The molecule has 0 unspecified atom stereocenters. The summed E-state index contributed by atoms with van der Waals surface area (Å²) in [7, 11) is 4.78. The molecule has 9 nitrogen and oxygen atoms in total. The number of hydrogen-bond donors (Lipinski definition) is 1. The van der Waals surface area contributed by atoms with Crippen molar-refractivity contribution in [2.24, 2.45) is 0 Å². The smallest absolute Gasteiger partial charge is 0.255 e. The van der Waals surface area contributed by atoms with Gasteiger partial charge in [-0.2, -0.15) is 0 Å². The lowest BCUT2D eigenvalue weighted by atomic mass is 10.1. The molecule has 2 aromatic rings. The lowest BCUT2D eigenvalue weighted by Crippen LogP contribution is -2.11. The molecule has 0 aliphatic rings. The first-order valence-electron chi connectivity index (χ1n) is 8.63. The van der Waals surface area contributed by atoms with Gasteiger partial charge in [0, 0.05) is 24.3 Å². The van der Waals surface area contributed by atoms with Crippen LogP contribution < -0.4 is 33.1 Å². The first-order valence-corrected chi connectivity index (χ1v) is 10.2. The highest BCUT2D eigenvalue weighted by molar-refractivity contribution is 7.95. The van der Waals surface area contributed by atoms with Crippen LogP contribution >= 0.6 is 0 Å². The number of nitrogens with one attached hydrogen (secondary N) is 1. The van der Waals surface area contributed by atoms with Crippen molar-refractivity contribution >= 4 is 21.8 Å². The fourth-order valence-corrected chi connectivity index (χ4v) is 3.51. The molecular weight excluding hydrogens is 414 g/mol. The molecule has 0 aromatic heterocycles. The lowest BCUT2D eigenvalue weighted by molar-refractivity contribution is 0.374. The minimum atomic E-state index is -3.96. The second kappa shape index (κ2) is 9.97. The van der Waals surface area contributed by atoms with Crippen LogP contribution in [0, 0.1) is 0 Å². The SMILES string of the molecule is COc1cc(OC)c(C=CS(=O)(=O)Nc2c(OC)cc(OC)cc2OC)c(OC)c1. The van der Waals surface area contributed by atoms with Crippen LogP contribution in [0.2, 0.25) is 0 Å². The first kappa shape index (κ1) is 23.0. The van der Waals surface area contributed by atoms with Gasteiger partial charge in [-0.1, -0.05) is 0 Å². The predicted molar refractivity (Wildman–Crippen MR) is 114 cm³/mol. The standard InChI is InChI=1S/C20H25NO8S/c1-24-13-9-16(26-3)15(17(10-13)27-4)7-8-30(22,23)21-20-18(28-5)11-14(25-2)12-19(20)29-6/h7-12,21H,1-6H3. The molecule has 2 aromatic carbocycles. The van der Waals surface area contributed by atoms with Crippen LogP contribution in [-0.2, 0) is 10.0 Å². The van der Waals surface area contributed by atoms with E-state index in [0.717, 1.165) is 5.41 Å². The van der Waals surface area contributed by atoms with Gasteiger partial charge in [-0.15, -0.1) is 0 Å². The molecule has 1 N–H and O–H groups in total. The Balaban J connectivity index is 2.45. The molecule has 30 heavy (non-hydrogen) atoms. The van der Waals surface area contributed by atoms with E-state index in [1.54, 1.807) is 24.3 Å². The molecule has 0 aliphatic carbocycles. The van der Waals surface area contributed by atoms with Crippen LogP contribution in [0.25, 0.3) is 6.08 Å². The van der Waals surface area contributed by atoms with E-state index in [2.05, 4.69) is 4.72 Å². The zero-order valence-corrected chi connectivity index (χ0v) is 18.5. The highest BCUT2D eigenvalue weighted by Crippen LogP contribution is 2.40.